The molecule has 3 rings (SSSR count). The van der Waals surface area contributed by atoms with Gasteiger partial charge in [0.2, 0.25) is 0 Å². The molecule has 1 atom stereocenters. The number of nitrogens with zero attached hydrogens (tertiary/aromatic N) is 1. The first-order valence-electron chi connectivity index (χ1n) is 7.80. The largest absolute Gasteiger partial charge is 0.480 e. The average Bonchev–Trinajstić information content (AvgIpc) is 2.90. The number of rotatable bonds is 2. The van der Waals surface area contributed by atoms with Crippen molar-refractivity contribution < 1.29 is 9.53 Å². The maximum absolute atomic E-state index is 12.7. The number of hydrogen-bond acceptors (Lipinski definition) is 3. The van der Waals surface area contributed by atoms with Crippen LogP contribution in [0.1, 0.15) is 29.5 Å². The second-order valence-electron chi connectivity index (χ2n) is 6.29. The van der Waals surface area contributed by atoms with Crippen LogP contribution in [0.25, 0.3) is 0 Å². The molecule has 4 nitrogen and oxygen atoms in total. The Hall–Kier alpha value is -1.26. The molecule has 0 bridgehead atoms. The van der Waals surface area contributed by atoms with Crippen LogP contribution >= 0.6 is 12.4 Å². The molecule has 1 N–H and O–H groups in total. The minimum absolute atomic E-state index is 0. The van der Waals surface area contributed by atoms with E-state index in [1.807, 2.05) is 11.9 Å². The van der Waals surface area contributed by atoms with Crippen molar-refractivity contribution in [2.24, 2.45) is 0 Å². The first-order valence-corrected chi connectivity index (χ1v) is 7.80. The number of halogens is 1. The van der Waals surface area contributed by atoms with Gasteiger partial charge in [0.05, 0.1) is 0 Å². The highest BCUT2D eigenvalue weighted by Gasteiger charge is 2.34. The van der Waals surface area contributed by atoms with Crippen LogP contribution in [0.3, 0.4) is 0 Å². The molecule has 1 aromatic carbocycles. The van der Waals surface area contributed by atoms with Gasteiger partial charge in [-0.15, -0.1) is 12.4 Å². The van der Waals surface area contributed by atoms with E-state index in [0.717, 1.165) is 37.2 Å². The SMILES string of the molecule is Cc1cc2c(cc1C)OC(C(=O)N(C)C1CCNCC1)C2.Cl. The summed E-state index contributed by atoms with van der Waals surface area (Å²) in [6, 6.07) is 4.56. The predicted octanol–water partition coefficient (Wildman–Crippen LogP) is 2.24. The third-order valence-electron chi connectivity index (χ3n) is 4.83. The van der Waals surface area contributed by atoms with Crippen molar-refractivity contribution in [3.63, 3.8) is 0 Å². The maximum Gasteiger partial charge on any atom is 0.263 e. The molecule has 2 heterocycles. The average molecular weight is 325 g/mol. The van der Waals surface area contributed by atoms with E-state index in [1.165, 1.54) is 11.1 Å². The second-order valence-corrected chi connectivity index (χ2v) is 6.29. The fraction of sp³-hybridized carbons (Fsp3) is 0.588. The van der Waals surface area contributed by atoms with Crippen LogP contribution in [0.15, 0.2) is 12.1 Å². The highest BCUT2D eigenvalue weighted by Crippen LogP contribution is 2.32. The lowest BCUT2D eigenvalue weighted by Crippen LogP contribution is -2.48. The molecule has 0 spiro atoms. The number of carbonyl (C=O) groups excluding carboxylic acids is 1. The van der Waals surface area contributed by atoms with Crippen LogP contribution in [0.2, 0.25) is 0 Å². The number of amides is 1. The van der Waals surface area contributed by atoms with Crippen molar-refractivity contribution in [2.75, 3.05) is 20.1 Å². The summed E-state index contributed by atoms with van der Waals surface area (Å²) >= 11 is 0. The van der Waals surface area contributed by atoms with Gasteiger partial charge in [0.25, 0.3) is 5.91 Å². The lowest BCUT2D eigenvalue weighted by Gasteiger charge is -2.32. The normalized spacial score (nSPS) is 20.8. The minimum atomic E-state index is -0.346. The van der Waals surface area contributed by atoms with E-state index in [2.05, 4.69) is 31.3 Å². The quantitative estimate of drug-likeness (QED) is 0.907. The van der Waals surface area contributed by atoms with E-state index in [4.69, 9.17) is 4.74 Å². The zero-order chi connectivity index (χ0) is 15.0. The van der Waals surface area contributed by atoms with Crippen molar-refractivity contribution in [1.82, 2.24) is 10.2 Å². The van der Waals surface area contributed by atoms with Gasteiger partial charge in [-0.3, -0.25) is 4.79 Å². The second kappa shape index (κ2) is 6.88. The molecule has 0 radical (unpaired) electrons. The Labute approximate surface area is 138 Å². The van der Waals surface area contributed by atoms with Gasteiger partial charge < -0.3 is 15.0 Å². The molecule has 1 saturated heterocycles. The molecule has 0 saturated carbocycles. The fourth-order valence-corrected chi connectivity index (χ4v) is 3.25. The molecule has 1 aromatic rings. The van der Waals surface area contributed by atoms with E-state index in [9.17, 15) is 4.79 Å². The van der Waals surface area contributed by atoms with Crippen LogP contribution in [-0.4, -0.2) is 43.1 Å². The van der Waals surface area contributed by atoms with Crippen molar-refractivity contribution in [1.29, 1.82) is 0 Å². The molecule has 22 heavy (non-hydrogen) atoms. The van der Waals surface area contributed by atoms with Gasteiger partial charge in [0, 0.05) is 19.5 Å². The Balaban J connectivity index is 0.00000176. The highest BCUT2D eigenvalue weighted by atomic mass is 35.5. The topological polar surface area (TPSA) is 41.6 Å². The molecule has 2 aliphatic rings. The van der Waals surface area contributed by atoms with Crippen molar-refractivity contribution >= 4 is 18.3 Å². The zero-order valence-electron chi connectivity index (χ0n) is 13.5. The molecule has 0 aromatic heterocycles. The number of carbonyl (C=O) groups is 1. The number of fused-ring (bicyclic) bond motifs is 1. The first-order chi connectivity index (χ1) is 10.1. The molecular weight excluding hydrogens is 300 g/mol. The number of aryl methyl sites for hydroxylation is 2. The van der Waals surface area contributed by atoms with Crippen LogP contribution in [0.4, 0.5) is 0 Å². The predicted molar refractivity (Wildman–Crippen MR) is 89.9 cm³/mol. The molecule has 122 valence electrons. The Kier molecular flexibility index (Phi) is 5.35. The summed E-state index contributed by atoms with van der Waals surface area (Å²) < 4.78 is 5.91. The summed E-state index contributed by atoms with van der Waals surface area (Å²) in [6.07, 6.45) is 2.41. The third-order valence-corrected chi connectivity index (χ3v) is 4.83. The van der Waals surface area contributed by atoms with E-state index in [-0.39, 0.29) is 24.4 Å². The van der Waals surface area contributed by atoms with Gasteiger partial charge in [-0.1, -0.05) is 6.07 Å². The maximum atomic E-state index is 12.7. The van der Waals surface area contributed by atoms with Gasteiger partial charge >= 0.3 is 0 Å². The monoisotopic (exact) mass is 324 g/mol. The van der Waals surface area contributed by atoms with Gasteiger partial charge in [-0.05, 0) is 62.5 Å². The number of benzene rings is 1. The standard InChI is InChI=1S/C17H24N2O2.ClH/c1-11-8-13-10-16(21-15(13)9-12(11)2)17(20)19(3)14-4-6-18-7-5-14;/h8-9,14,16,18H,4-7,10H2,1-3H3;1H. The number of likely N-dealkylation sites (N-methyl/N-ethyl adjacent to an activating group) is 1. The van der Waals surface area contributed by atoms with E-state index in [1.54, 1.807) is 0 Å². The van der Waals surface area contributed by atoms with Gasteiger partial charge in [0.1, 0.15) is 5.75 Å². The molecule has 1 fully saturated rings. The summed E-state index contributed by atoms with van der Waals surface area (Å²) in [5.41, 5.74) is 3.64. The van der Waals surface area contributed by atoms with Crippen LogP contribution in [0, 0.1) is 13.8 Å². The Morgan fingerprint density at radius 1 is 1.23 bits per heavy atom. The number of piperidine rings is 1. The third kappa shape index (κ3) is 3.23. The first kappa shape index (κ1) is 17.1. The summed E-state index contributed by atoms with van der Waals surface area (Å²) in [5, 5.41) is 3.34. The van der Waals surface area contributed by atoms with E-state index < -0.39 is 0 Å². The van der Waals surface area contributed by atoms with Crippen molar-refractivity contribution in [3.8, 4) is 5.75 Å². The number of ether oxygens (including phenoxy) is 1. The van der Waals surface area contributed by atoms with E-state index in [0.29, 0.717) is 12.5 Å². The van der Waals surface area contributed by atoms with E-state index >= 15 is 0 Å². The Morgan fingerprint density at radius 3 is 2.55 bits per heavy atom. The molecule has 1 unspecified atom stereocenters. The molecule has 2 aliphatic heterocycles. The van der Waals surface area contributed by atoms with Crippen LogP contribution < -0.4 is 10.1 Å². The summed E-state index contributed by atoms with van der Waals surface area (Å²) in [5.74, 6) is 1.00. The van der Waals surface area contributed by atoms with Crippen molar-refractivity contribution in [3.05, 3.63) is 28.8 Å². The van der Waals surface area contributed by atoms with Crippen LogP contribution in [-0.2, 0) is 11.2 Å². The number of nitrogens with one attached hydrogen (secondary N) is 1. The molecule has 5 heteroatoms. The summed E-state index contributed by atoms with van der Waals surface area (Å²) in [4.78, 5) is 14.6. The lowest BCUT2D eigenvalue weighted by atomic mass is 10.0. The summed E-state index contributed by atoms with van der Waals surface area (Å²) in [7, 11) is 1.92. The van der Waals surface area contributed by atoms with Gasteiger partial charge in [-0.25, -0.2) is 0 Å². The molecule has 0 aliphatic carbocycles. The smallest absolute Gasteiger partial charge is 0.263 e. The summed E-state index contributed by atoms with van der Waals surface area (Å²) in [6.45, 7) is 6.17. The zero-order valence-corrected chi connectivity index (χ0v) is 14.3. The Bertz CT molecular complexity index is 525. The van der Waals surface area contributed by atoms with Gasteiger partial charge in [-0.2, -0.15) is 0 Å². The minimum Gasteiger partial charge on any atom is -0.480 e. The number of hydrogen-bond donors (Lipinski definition) is 1. The fourth-order valence-electron chi connectivity index (χ4n) is 3.25. The van der Waals surface area contributed by atoms with Gasteiger partial charge in [0.15, 0.2) is 6.10 Å². The Morgan fingerprint density at radius 2 is 1.86 bits per heavy atom. The highest BCUT2D eigenvalue weighted by molar-refractivity contribution is 5.85. The lowest BCUT2D eigenvalue weighted by molar-refractivity contribution is -0.139. The molecular formula is C17H25ClN2O2. The van der Waals surface area contributed by atoms with Crippen molar-refractivity contribution in [2.45, 2.75) is 45.3 Å². The van der Waals surface area contributed by atoms with Crippen LogP contribution in [0.5, 0.6) is 5.75 Å². The molecule has 1 amide bonds.